The molecule has 1 aliphatic heterocycles. The molecule has 1 aromatic carbocycles. The second-order valence-electron chi connectivity index (χ2n) is 7.30. The number of nitrogens with zero attached hydrogens (tertiary/aromatic N) is 6. The zero-order valence-corrected chi connectivity index (χ0v) is 18.8. The molecule has 2 aromatic heterocycles. The molecule has 1 saturated heterocycles. The SMILES string of the molecule is Cc1cc(C)n(-c2cc(N3CCN(C(=O)COc4ccc(Cl)cc4Cl)CC3)ncn2)n1. The second-order valence-corrected chi connectivity index (χ2v) is 8.15. The number of hydrogen-bond donors (Lipinski definition) is 0. The zero-order chi connectivity index (χ0) is 22.0. The molecule has 0 bridgehead atoms. The van der Waals surface area contributed by atoms with Gasteiger partial charge in [0.05, 0.1) is 10.7 Å². The minimum absolute atomic E-state index is 0.0725. The normalized spacial score (nSPS) is 14.1. The maximum absolute atomic E-state index is 12.5. The Morgan fingerprint density at radius 2 is 1.77 bits per heavy atom. The highest BCUT2D eigenvalue weighted by Crippen LogP contribution is 2.27. The van der Waals surface area contributed by atoms with Crippen LogP contribution < -0.4 is 9.64 Å². The fraction of sp³-hybridized carbons (Fsp3) is 0.333. The van der Waals surface area contributed by atoms with E-state index in [1.165, 1.54) is 0 Å². The number of piperazine rings is 1. The third-order valence-electron chi connectivity index (χ3n) is 5.07. The molecule has 0 atom stereocenters. The molecule has 162 valence electrons. The summed E-state index contributed by atoms with van der Waals surface area (Å²) in [5.74, 6) is 1.89. The number of amides is 1. The Morgan fingerprint density at radius 3 is 2.45 bits per heavy atom. The van der Waals surface area contributed by atoms with Crippen LogP contribution in [0.2, 0.25) is 10.0 Å². The monoisotopic (exact) mass is 460 g/mol. The van der Waals surface area contributed by atoms with Crippen LogP contribution in [0.5, 0.6) is 5.75 Å². The van der Waals surface area contributed by atoms with E-state index >= 15 is 0 Å². The van der Waals surface area contributed by atoms with E-state index in [1.807, 2.05) is 26.0 Å². The fourth-order valence-electron chi connectivity index (χ4n) is 3.49. The summed E-state index contributed by atoms with van der Waals surface area (Å²) >= 11 is 12.0. The maximum atomic E-state index is 12.5. The number of ether oxygens (including phenoxy) is 1. The summed E-state index contributed by atoms with van der Waals surface area (Å²) in [6.07, 6.45) is 1.54. The van der Waals surface area contributed by atoms with Gasteiger partial charge in [0, 0.05) is 43.0 Å². The Morgan fingerprint density at radius 1 is 1.03 bits per heavy atom. The average Bonchev–Trinajstić information content (AvgIpc) is 3.11. The molecule has 0 unspecified atom stereocenters. The van der Waals surface area contributed by atoms with Crippen LogP contribution in [0, 0.1) is 13.8 Å². The highest BCUT2D eigenvalue weighted by atomic mass is 35.5. The Hall–Kier alpha value is -2.84. The zero-order valence-electron chi connectivity index (χ0n) is 17.3. The quantitative estimate of drug-likeness (QED) is 0.581. The number of anilines is 1. The Bertz CT molecular complexity index is 1100. The lowest BCUT2D eigenvalue weighted by atomic mass is 10.3. The van der Waals surface area contributed by atoms with Gasteiger partial charge in [-0.25, -0.2) is 14.6 Å². The molecule has 1 aliphatic rings. The first-order valence-corrected chi connectivity index (χ1v) is 10.6. The van der Waals surface area contributed by atoms with Crippen molar-refractivity contribution >= 4 is 34.9 Å². The molecule has 10 heteroatoms. The summed E-state index contributed by atoms with van der Waals surface area (Å²) < 4.78 is 7.38. The molecule has 8 nitrogen and oxygen atoms in total. The van der Waals surface area contributed by atoms with Crippen molar-refractivity contribution < 1.29 is 9.53 Å². The molecular formula is C21H22Cl2N6O2. The van der Waals surface area contributed by atoms with Crippen molar-refractivity contribution in [3.63, 3.8) is 0 Å². The molecule has 4 rings (SSSR count). The van der Waals surface area contributed by atoms with E-state index < -0.39 is 0 Å². The van der Waals surface area contributed by atoms with Gasteiger partial charge in [0.1, 0.15) is 17.9 Å². The van der Waals surface area contributed by atoms with Crippen molar-refractivity contribution in [2.45, 2.75) is 13.8 Å². The van der Waals surface area contributed by atoms with Crippen LogP contribution in [0.1, 0.15) is 11.4 Å². The number of aromatic nitrogens is 4. The van der Waals surface area contributed by atoms with E-state index in [1.54, 1.807) is 34.1 Å². The van der Waals surface area contributed by atoms with Gasteiger partial charge >= 0.3 is 0 Å². The third-order valence-corrected chi connectivity index (χ3v) is 5.60. The summed E-state index contributed by atoms with van der Waals surface area (Å²) in [7, 11) is 0. The van der Waals surface area contributed by atoms with Gasteiger partial charge in [0.2, 0.25) is 0 Å². The molecule has 3 heterocycles. The number of benzene rings is 1. The minimum Gasteiger partial charge on any atom is -0.482 e. The predicted molar refractivity (Wildman–Crippen MR) is 119 cm³/mol. The van der Waals surface area contributed by atoms with Crippen molar-refractivity contribution in [2.75, 3.05) is 37.7 Å². The Labute approximate surface area is 190 Å². The average molecular weight is 461 g/mol. The van der Waals surface area contributed by atoms with Gasteiger partial charge in [-0.05, 0) is 38.1 Å². The van der Waals surface area contributed by atoms with Crippen molar-refractivity contribution in [1.29, 1.82) is 0 Å². The first-order chi connectivity index (χ1) is 14.9. The lowest BCUT2D eigenvalue weighted by molar-refractivity contribution is -0.133. The van der Waals surface area contributed by atoms with Crippen LogP contribution >= 0.6 is 23.2 Å². The highest BCUT2D eigenvalue weighted by Gasteiger charge is 2.23. The van der Waals surface area contributed by atoms with Crippen LogP contribution in [-0.2, 0) is 4.79 Å². The van der Waals surface area contributed by atoms with E-state index in [0.29, 0.717) is 42.0 Å². The summed E-state index contributed by atoms with van der Waals surface area (Å²) in [5.41, 5.74) is 1.95. The van der Waals surface area contributed by atoms with E-state index in [-0.39, 0.29) is 12.5 Å². The second kappa shape index (κ2) is 9.11. The molecule has 0 radical (unpaired) electrons. The van der Waals surface area contributed by atoms with Crippen LogP contribution in [0.3, 0.4) is 0 Å². The van der Waals surface area contributed by atoms with E-state index in [4.69, 9.17) is 27.9 Å². The van der Waals surface area contributed by atoms with Crippen LogP contribution in [-0.4, -0.2) is 63.3 Å². The molecule has 0 saturated carbocycles. The highest BCUT2D eigenvalue weighted by molar-refractivity contribution is 6.35. The lowest BCUT2D eigenvalue weighted by Gasteiger charge is -2.35. The smallest absolute Gasteiger partial charge is 0.260 e. The number of carbonyl (C=O) groups is 1. The lowest BCUT2D eigenvalue weighted by Crippen LogP contribution is -2.50. The number of aryl methyl sites for hydroxylation is 2. The van der Waals surface area contributed by atoms with Crippen LogP contribution in [0.25, 0.3) is 5.82 Å². The molecular weight excluding hydrogens is 439 g/mol. The van der Waals surface area contributed by atoms with Gasteiger partial charge in [-0.3, -0.25) is 4.79 Å². The van der Waals surface area contributed by atoms with Crippen LogP contribution in [0.4, 0.5) is 5.82 Å². The summed E-state index contributed by atoms with van der Waals surface area (Å²) in [6, 6.07) is 8.84. The van der Waals surface area contributed by atoms with Gasteiger partial charge in [0.15, 0.2) is 12.4 Å². The molecule has 0 spiro atoms. The Balaban J connectivity index is 1.35. The first-order valence-electron chi connectivity index (χ1n) is 9.87. The summed E-state index contributed by atoms with van der Waals surface area (Å²) in [6.45, 7) is 6.36. The topological polar surface area (TPSA) is 76.4 Å². The van der Waals surface area contributed by atoms with Crippen molar-refractivity contribution in [2.24, 2.45) is 0 Å². The molecule has 3 aromatic rings. The molecule has 1 amide bonds. The van der Waals surface area contributed by atoms with Crippen molar-refractivity contribution in [1.82, 2.24) is 24.6 Å². The van der Waals surface area contributed by atoms with E-state index in [2.05, 4.69) is 20.0 Å². The molecule has 0 N–H and O–H groups in total. The fourth-order valence-corrected chi connectivity index (χ4v) is 3.96. The van der Waals surface area contributed by atoms with Gasteiger partial charge in [-0.15, -0.1) is 0 Å². The number of hydrogen-bond acceptors (Lipinski definition) is 6. The number of carbonyl (C=O) groups excluding carboxylic acids is 1. The van der Waals surface area contributed by atoms with Crippen molar-refractivity contribution in [3.8, 4) is 11.6 Å². The van der Waals surface area contributed by atoms with Gasteiger partial charge < -0.3 is 14.5 Å². The van der Waals surface area contributed by atoms with Gasteiger partial charge in [0.25, 0.3) is 5.91 Å². The largest absolute Gasteiger partial charge is 0.482 e. The predicted octanol–water partition coefficient (Wildman–Crippen LogP) is 3.31. The molecule has 1 fully saturated rings. The summed E-state index contributed by atoms with van der Waals surface area (Å²) in [5, 5.41) is 5.38. The Kier molecular flexibility index (Phi) is 6.29. The third kappa shape index (κ3) is 4.91. The van der Waals surface area contributed by atoms with Gasteiger partial charge in [-0.1, -0.05) is 23.2 Å². The molecule has 31 heavy (non-hydrogen) atoms. The van der Waals surface area contributed by atoms with E-state index in [9.17, 15) is 4.79 Å². The minimum atomic E-state index is -0.0864. The first kappa shape index (κ1) is 21.4. The number of halogens is 2. The standard InChI is InChI=1S/C21H22Cl2N6O2/c1-14-9-15(2)29(26-14)20-11-19(24-13-25-20)27-5-7-28(8-6-27)21(30)12-31-18-4-3-16(22)10-17(18)23/h3-4,9-11,13H,5-8,12H2,1-2H3. The van der Waals surface area contributed by atoms with Crippen LogP contribution in [0.15, 0.2) is 36.7 Å². The number of rotatable bonds is 5. The van der Waals surface area contributed by atoms with Crippen molar-refractivity contribution in [3.05, 3.63) is 58.1 Å². The molecule has 0 aliphatic carbocycles. The van der Waals surface area contributed by atoms with Gasteiger partial charge in [-0.2, -0.15) is 5.10 Å². The summed E-state index contributed by atoms with van der Waals surface area (Å²) in [4.78, 5) is 25.2. The maximum Gasteiger partial charge on any atom is 0.260 e. The van der Waals surface area contributed by atoms with E-state index in [0.717, 1.165) is 23.0 Å².